The minimum Gasteiger partial charge on any atom is -0.392 e. The molecule has 0 aliphatic rings. The number of rotatable bonds is 3. The Balaban J connectivity index is 3.02. The molecule has 3 heteroatoms. The van der Waals surface area contributed by atoms with E-state index in [1.54, 1.807) is 12.1 Å². The van der Waals surface area contributed by atoms with Gasteiger partial charge in [0.25, 0.3) is 0 Å². The number of hydrogen-bond acceptors (Lipinski definition) is 3. The summed E-state index contributed by atoms with van der Waals surface area (Å²) in [6, 6.07) is 5.40. The van der Waals surface area contributed by atoms with Crippen LogP contribution < -0.4 is 5.73 Å². The highest BCUT2D eigenvalue weighted by Crippen LogP contribution is 2.11. The van der Waals surface area contributed by atoms with Crippen molar-refractivity contribution in [1.82, 2.24) is 0 Å². The molecule has 4 N–H and O–H groups in total. The summed E-state index contributed by atoms with van der Waals surface area (Å²) < 4.78 is 0. The average molecular weight is 167 g/mol. The van der Waals surface area contributed by atoms with Crippen molar-refractivity contribution in [3.05, 3.63) is 34.9 Å². The predicted octanol–water partition coefficient (Wildman–Crippen LogP) is 0.130. The van der Waals surface area contributed by atoms with Gasteiger partial charge in [0.05, 0.1) is 13.2 Å². The molecule has 3 nitrogen and oxygen atoms in total. The van der Waals surface area contributed by atoms with Gasteiger partial charge >= 0.3 is 0 Å². The van der Waals surface area contributed by atoms with E-state index in [1.807, 2.05) is 6.07 Å². The Hall–Kier alpha value is -0.900. The lowest BCUT2D eigenvalue weighted by molar-refractivity contribution is 0.274. The number of nitrogens with two attached hydrogens (primary N) is 1. The van der Waals surface area contributed by atoms with Crippen LogP contribution >= 0.6 is 0 Å². The molecule has 1 rings (SSSR count). The zero-order valence-corrected chi connectivity index (χ0v) is 6.83. The van der Waals surface area contributed by atoms with Crippen molar-refractivity contribution in [2.75, 3.05) is 0 Å². The van der Waals surface area contributed by atoms with Crippen LogP contribution in [0.3, 0.4) is 0 Å². The summed E-state index contributed by atoms with van der Waals surface area (Å²) in [6.45, 7) is 0.389. The van der Waals surface area contributed by atoms with Crippen LogP contribution in [0, 0.1) is 0 Å². The molecule has 0 aliphatic carbocycles. The van der Waals surface area contributed by atoms with Gasteiger partial charge < -0.3 is 15.9 Å². The zero-order valence-electron chi connectivity index (χ0n) is 6.83. The minimum atomic E-state index is -0.0274. The van der Waals surface area contributed by atoms with Crippen LogP contribution in [0.1, 0.15) is 16.7 Å². The topological polar surface area (TPSA) is 66.5 Å². The number of aliphatic hydroxyl groups is 2. The molecule has 66 valence electrons. The fourth-order valence-corrected chi connectivity index (χ4v) is 1.12. The summed E-state index contributed by atoms with van der Waals surface area (Å²) in [6.07, 6.45) is 0. The maximum absolute atomic E-state index is 8.93. The van der Waals surface area contributed by atoms with Gasteiger partial charge in [0.15, 0.2) is 0 Å². The van der Waals surface area contributed by atoms with Crippen molar-refractivity contribution < 1.29 is 10.2 Å². The molecular weight excluding hydrogens is 154 g/mol. The summed E-state index contributed by atoms with van der Waals surface area (Å²) in [5, 5.41) is 17.7. The lowest BCUT2D eigenvalue weighted by Gasteiger charge is -2.06. The smallest absolute Gasteiger partial charge is 0.0685 e. The van der Waals surface area contributed by atoms with E-state index in [9.17, 15) is 0 Å². The highest BCUT2D eigenvalue weighted by atomic mass is 16.3. The van der Waals surface area contributed by atoms with Crippen LogP contribution in [0.25, 0.3) is 0 Å². The van der Waals surface area contributed by atoms with Gasteiger partial charge in [-0.3, -0.25) is 0 Å². The van der Waals surface area contributed by atoms with Gasteiger partial charge in [0.2, 0.25) is 0 Å². The van der Waals surface area contributed by atoms with E-state index in [0.29, 0.717) is 6.54 Å². The standard InChI is InChI=1S/C9H13NO2/c10-4-8-2-1-7(5-11)3-9(8)6-12/h1-3,11-12H,4-6,10H2. The normalized spacial score (nSPS) is 10.2. The Labute approximate surface area is 71.5 Å². The van der Waals surface area contributed by atoms with E-state index >= 15 is 0 Å². The van der Waals surface area contributed by atoms with Gasteiger partial charge in [0.1, 0.15) is 0 Å². The Bertz CT molecular complexity index is 261. The second-order valence-corrected chi connectivity index (χ2v) is 2.62. The van der Waals surface area contributed by atoms with E-state index in [0.717, 1.165) is 16.7 Å². The van der Waals surface area contributed by atoms with Crippen molar-refractivity contribution in [1.29, 1.82) is 0 Å². The molecule has 0 aliphatic heterocycles. The molecule has 0 saturated heterocycles. The van der Waals surface area contributed by atoms with E-state index in [-0.39, 0.29) is 13.2 Å². The third-order valence-corrected chi connectivity index (χ3v) is 1.84. The second kappa shape index (κ2) is 4.21. The molecule has 0 bridgehead atoms. The first kappa shape index (κ1) is 9.19. The average Bonchev–Trinajstić information content (AvgIpc) is 2.16. The molecule has 0 aromatic heterocycles. The highest BCUT2D eigenvalue weighted by molar-refractivity contribution is 5.31. The number of hydrogen-bond donors (Lipinski definition) is 3. The third kappa shape index (κ3) is 1.82. The zero-order chi connectivity index (χ0) is 8.97. The molecule has 0 spiro atoms. The molecule has 0 radical (unpaired) electrons. The van der Waals surface area contributed by atoms with Crippen LogP contribution in [0.5, 0.6) is 0 Å². The summed E-state index contributed by atoms with van der Waals surface area (Å²) in [5.74, 6) is 0. The van der Waals surface area contributed by atoms with Crippen molar-refractivity contribution in [2.45, 2.75) is 19.8 Å². The molecule has 1 aromatic rings. The molecular formula is C9H13NO2. The SMILES string of the molecule is NCc1ccc(CO)cc1CO. The van der Waals surface area contributed by atoms with Gasteiger partial charge in [-0.1, -0.05) is 18.2 Å². The summed E-state index contributed by atoms with van der Waals surface area (Å²) >= 11 is 0. The molecule has 0 amide bonds. The first-order chi connectivity index (χ1) is 5.81. The highest BCUT2D eigenvalue weighted by Gasteiger charge is 2.00. The van der Waals surface area contributed by atoms with Crippen LogP contribution in [-0.4, -0.2) is 10.2 Å². The Morgan fingerprint density at radius 2 is 1.83 bits per heavy atom. The molecule has 0 heterocycles. The van der Waals surface area contributed by atoms with Crippen molar-refractivity contribution in [2.24, 2.45) is 5.73 Å². The lowest BCUT2D eigenvalue weighted by atomic mass is 10.0. The van der Waals surface area contributed by atoms with E-state index in [2.05, 4.69) is 0 Å². The molecule has 12 heavy (non-hydrogen) atoms. The fourth-order valence-electron chi connectivity index (χ4n) is 1.12. The Kier molecular flexibility index (Phi) is 3.22. The van der Waals surface area contributed by atoms with Gasteiger partial charge in [0, 0.05) is 6.54 Å². The first-order valence-corrected chi connectivity index (χ1v) is 3.84. The van der Waals surface area contributed by atoms with Crippen LogP contribution in [-0.2, 0) is 19.8 Å². The van der Waals surface area contributed by atoms with E-state index in [1.165, 1.54) is 0 Å². The molecule has 0 unspecified atom stereocenters. The Morgan fingerprint density at radius 3 is 2.33 bits per heavy atom. The largest absolute Gasteiger partial charge is 0.392 e. The first-order valence-electron chi connectivity index (χ1n) is 3.84. The summed E-state index contributed by atoms with van der Waals surface area (Å²) in [4.78, 5) is 0. The van der Waals surface area contributed by atoms with Crippen LogP contribution in [0.15, 0.2) is 18.2 Å². The number of benzene rings is 1. The summed E-state index contributed by atoms with van der Waals surface area (Å²) in [5.41, 5.74) is 7.97. The maximum atomic E-state index is 8.93. The van der Waals surface area contributed by atoms with Crippen LogP contribution in [0.4, 0.5) is 0 Å². The second-order valence-electron chi connectivity index (χ2n) is 2.62. The van der Waals surface area contributed by atoms with Gasteiger partial charge in [-0.05, 0) is 16.7 Å². The van der Waals surface area contributed by atoms with Gasteiger partial charge in [-0.15, -0.1) is 0 Å². The van der Waals surface area contributed by atoms with Crippen molar-refractivity contribution in [3.63, 3.8) is 0 Å². The lowest BCUT2D eigenvalue weighted by Crippen LogP contribution is -2.02. The molecule has 0 atom stereocenters. The van der Waals surface area contributed by atoms with E-state index in [4.69, 9.17) is 15.9 Å². The predicted molar refractivity (Wildman–Crippen MR) is 46.2 cm³/mol. The fraction of sp³-hybridized carbons (Fsp3) is 0.333. The van der Waals surface area contributed by atoms with E-state index < -0.39 is 0 Å². The Morgan fingerprint density at radius 1 is 1.08 bits per heavy atom. The summed E-state index contributed by atoms with van der Waals surface area (Å²) in [7, 11) is 0. The monoisotopic (exact) mass is 167 g/mol. The quantitative estimate of drug-likeness (QED) is 0.599. The maximum Gasteiger partial charge on any atom is 0.0685 e. The third-order valence-electron chi connectivity index (χ3n) is 1.84. The number of aliphatic hydroxyl groups excluding tert-OH is 2. The molecule has 1 aromatic carbocycles. The van der Waals surface area contributed by atoms with Crippen molar-refractivity contribution in [3.8, 4) is 0 Å². The molecule has 0 saturated carbocycles. The van der Waals surface area contributed by atoms with Crippen LogP contribution in [0.2, 0.25) is 0 Å². The van der Waals surface area contributed by atoms with Gasteiger partial charge in [-0.2, -0.15) is 0 Å². The van der Waals surface area contributed by atoms with Gasteiger partial charge in [-0.25, -0.2) is 0 Å². The molecule has 0 fully saturated rings. The minimum absolute atomic E-state index is 0.00213. The van der Waals surface area contributed by atoms with Crippen molar-refractivity contribution >= 4 is 0 Å².